The normalized spacial score (nSPS) is 20.7. The molecular formula is C10H14N2O3. The number of Topliss-reactive ketones (excluding diaryl/α,β-unsaturated/α-hetero) is 1. The molecule has 5 nitrogen and oxygen atoms in total. The van der Waals surface area contributed by atoms with E-state index in [1.165, 1.54) is 0 Å². The molecule has 2 rings (SSSR count). The summed E-state index contributed by atoms with van der Waals surface area (Å²) in [6.45, 7) is 3.23. The minimum atomic E-state index is 0.118. The molecule has 0 amide bonds. The quantitative estimate of drug-likeness (QED) is 0.744. The van der Waals surface area contributed by atoms with Crippen LogP contribution in [-0.4, -0.2) is 29.1 Å². The lowest BCUT2D eigenvalue weighted by atomic mass is 10.1. The van der Waals surface area contributed by atoms with Crippen molar-refractivity contribution >= 4 is 5.78 Å². The molecular weight excluding hydrogens is 196 g/mol. The molecule has 1 aliphatic heterocycles. The Morgan fingerprint density at radius 2 is 2.47 bits per heavy atom. The highest BCUT2D eigenvalue weighted by molar-refractivity contribution is 5.79. The van der Waals surface area contributed by atoms with Crippen molar-refractivity contribution in [3.8, 4) is 0 Å². The second-order valence-corrected chi connectivity index (χ2v) is 3.68. The first-order chi connectivity index (χ1) is 7.29. The van der Waals surface area contributed by atoms with Gasteiger partial charge in [-0.2, -0.15) is 4.98 Å². The fraction of sp³-hybridized carbons (Fsp3) is 0.700. The number of hydrogen-bond donors (Lipinski definition) is 0. The van der Waals surface area contributed by atoms with Gasteiger partial charge in [0.15, 0.2) is 5.82 Å². The van der Waals surface area contributed by atoms with E-state index in [-0.39, 0.29) is 18.1 Å². The van der Waals surface area contributed by atoms with Crippen LogP contribution in [0, 0.1) is 0 Å². The van der Waals surface area contributed by atoms with Crippen molar-refractivity contribution in [1.82, 2.24) is 10.1 Å². The third-order valence-electron chi connectivity index (χ3n) is 2.52. The number of carbonyl (C=O) groups is 1. The van der Waals surface area contributed by atoms with Gasteiger partial charge in [-0.3, -0.25) is 4.79 Å². The van der Waals surface area contributed by atoms with Crippen LogP contribution in [0.4, 0.5) is 0 Å². The maximum absolute atomic E-state index is 11.2. The number of aromatic nitrogens is 2. The van der Waals surface area contributed by atoms with Gasteiger partial charge >= 0.3 is 0 Å². The molecule has 5 heteroatoms. The molecule has 1 aromatic rings. The second kappa shape index (κ2) is 4.53. The molecule has 0 radical (unpaired) electrons. The van der Waals surface area contributed by atoms with Gasteiger partial charge in [-0.1, -0.05) is 12.1 Å². The minimum absolute atomic E-state index is 0.118. The molecule has 0 aliphatic carbocycles. The smallest absolute Gasteiger partial charge is 0.234 e. The molecule has 1 aromatic heterocycles. The largest absolute Gasteiger partial charge is 0.381 e. The first-order valence-corrected chi connectivity index (χ1v) is 5.21. The van der Waals surface area contributed by atoms with E-state index in [1.807, 2.05) is 6.92 Å². The summed E-state index contributed by atoms with van der Waals surface area (Å²) in [6, 6.07) is 0. The Morgan fingerprint density at radius 3 is 3.13 bits per heavy atom. The summed E-state index contributed by atoms with van der Waals surface area (Å²) in [4.78, 5) is 15.4. The molecule has 1 fully saturated rings. The van der Waals surface area contributed by atoms with Crippen LogP contribution in [0.2, 0.25) is 0 Å². The zero-order chi connectivity index (χ0) is 10.7. The number of carbonyl (C=O) groups excluding carboxylic acids is 1. The molecule has 1 atom stereocenters. The summed E-state index contributed by atoms with van der Waals surface area (Å²) in [5.41, 5.74) is 0. The van der Waals surface area contributed by atoms with Crippen molar-refractivity contribution in [1.29, 1.82) is 0 Å². The first-order valence-electron chi connectivity index (χ1n) is 5.21. The number of ketones is 1. The standard InChI is InChI=1S/C10H14N2O3/c1-2-8(13)5-9-11-10(12-15-9)7-3-4-14-6-7/h7H,2-6H2,1H3. The average Bonchev–Trinajstić information content (AvgIpc) is 2.85. The van der Waals surface area contributed by atoms with E-state index in [2.05, 4.69) is 10.1 Å². The molecule has 0 aromatic carbocycles. The van der Waals surface area contributed by atoms with E-state index in [4.69, 9.17) is 9.26 Å². The minimum Gasteiger partial charge on any atom is -0.381 e. The Labute approximate surface area is 87.8 Å². The topological polar surface area (TPSA) is 65.2 Å². The van der Waals surface area contributed by atoms with E-state index in [9.17, 15) is 4.79 Å². The summed E-state index contributed by atoms with van der Waals surface area (Å²) >= 11 is 0. The molecule has 1 unspecified atom stereocenters. The van der Waals surface area contributed by atoms with Gasteiger partial charge < -0.3 is 9.26 Å². The number of ether oxygens (including phenoxy) is 1. The second-order valence-electron chi connectivity index (χ2n) is 3.68. The molecule has 0 spiro atoms. The van der Waals surface area contributed by atoms with Gasteiger partial charge in [0.25, 0.3) is 0 Å². The van der Waals surface area contributed by atoms with E-state index >= 15 is 0 Å². The van der Waals surface area contributed by atoms with Crippen LogP contribution in [0.1, 0.15) is 37.4 Å². The fourth-order valence-electron chi connectivity index (χ4n) is 1.54. The highest BCUT2D eigenvalue weighted by Crippen LogP contribution is 2.22. The number of hydrogen-bond acceptors (Lipinski definition) is 5. The van der Waals surface area contributed by atoms with Crippen molar-refractivity contribution in [3.63, 3.8) is 0 Å². The van der Waals surface area contributed by atoms with Gasteiger partial charge in [0.05, 0.1) is 13.0 Å². The van der Waals surface area contributed by atoms with E-state index in [1.54, 1.807) is 0 Å². The van der Waals surface area contributed by atoms with E-state index in [0.717, 1.165) is 13.0 Å². The summed E-state index contributed by atoms with van der Waals surface area (Å²) in [5, 5.41) is 3.87. The highest BCUT2D eigenvalue weighted by atomic mass is 16.5. The van der Waals surface area contributed by atoms with Crippen LogP contribution in [0.5, 0.6) is 0 Å². The lowest BCUT2D eigenvalue weighted by molar-refractivity contribution is -0.118. The Bertz CT molecular complexity index is 342. The van der Waals surface area contributed by atoms with Gasteiger partial charge in [0.2, 0.25) is 5.89 Å². The summed E-state index contributed by atoms with van der Waals surface area (Å²) in [7, 11) is 0. The molecule has 0 bridgehead atoms. The Kier molecular flexibility index (Phi) is 3.11. The summed E-state index contributed by atoms with van der Waals surface area (Å²) in [6.07, 6.45) is 1.68. The summed E-state index contributed by atoms with van der Waals surface area (Å²) < 4.78 is 10.2. The molecule has 82 valence electrons. The van der Waals surface area contributed by atoms with Crippen molar-refractivity contribution in [3.05, 3.63) is 11.7 Å². The SMILES string of the molecule is CCC(=O)Cc1nc(C2CCOC2)no1. The van der Waals surface area contributed by atoms with Gasteiger partial charge in [0.1, 0.15) is 5.78 Å². The third-order valence-corrected chi connectivity index (χ3v) is 2.52. The van der Waals surface area contributed by atoms with E-state index in [0.29, 0.717) is 24.7 Å². The molecule has 1 saturated heterocycles. The van der Waals surface area contributed by atoms with Crippen LogP contribution in [0.3, 0.4) is 0 Å². The molecule has 2 heterocycles. The van der Waals surface area contributed by atoms with Gasteiger partial charge in [-0.15, -0.1) is 0 Å². The lowest BCUT2D eigenvalue weighted by Crippen LogP contribution is -2.02. The lowest BCUT2D eigenvalue weighted by Gasteiger charge is -1.97. The Balaban J connectivity index is 2.00. The zero-order valence-corrected chi connectivity index (χ0v) is 8.73. The van der Waals surface area contributed by atoms with Crippen LogP contribution >= 0.6 is 0 Å². The predicted molar refractivity (Wildman–Crippen MR) is 51.5 cm³/mol. The first kappa shape index (κ1) is 10.3. The van der Waals surface area contributed by atoms with Gasteiger partial charge in [0, 0.05) is 18.9 Å². The van der Waals surface area contributed by atoms with Gasteiger partial charge in [-0.25, -0.2) is 0 Å². The van der Waals surface area contributed by atoms with E-state index < -0.39 is 0 Å². The van der Waals surface area contributed by atoms with Crippen molar-refractivity contribution in [2.75, 3.05) is 13.2 Å². The van der Waals surface area contributed by atoms with Crippen molar-refractivity contribution in [2.24, 2.45) is 0 Å². The Hall–Kier alpha value is -1.23. The number of nitrogens with zero attached hydrogens (tertiary/aromatic N) is 2. The van der Waals surface area contributed by atoms with Crippen molar-refractivity contribution < 1.29 is 14.1 Å². The molecule has 1 aliphatic rings. The average molecular weight is 210 g/mol. The third kappa shape index (κ3) is 2.41. The van der Waals surface area contributed by atoms with Crippen LogP contribution in [0.25, 0.3) is 0 Å². The highest BCUT2D eigenvalue weighted by Gasteiger charge is 2.23. The van der Waals surface area contributed by atoms with Crippen molar-refractivity contribution in [2.45, 2.75) is 32.1 Å². The maximum Gasteiger partial charge on any atom is 0.234 e. The van der Waals surface area contributed by atoms with Crippen LogP contribution < -0.4 is 0 Å². The van der Waals surface area contributed by atoms with Crippen LogP contribution in [-0.2, 0) is 16.0 Å². The maximum atomic E-state index is 11.2. The molecule has 15 heavy (non-hydrogen) atoms. The molecule has 0 N–H and O–H groups in total. The predicted octanol–water partition coefficient (Wildman–Crippen LogP) is 1.10. The Morgan fingerprint density at radius 1 is 1.60 bits per heavy atom. The molecule has 0 saturated carbocycles. The summed E-state index contributed by atoms with van der Waals surface area (Å²) in [5.74, 6) is 1.45. The van der Waals surface area contributed by atoms with Gasteiger partial charge in [-0.05, 0) is 6.42 Å². The zero-order valence-electron chi connectivity index (χ0n) is 8.73. The van der Waals surface area contributed by atoms with Crippen LogP contribution in [0.15, 0.2) is 4.52 Å². The monoisotopic (exact) mass is 210 g/mol. The number of rotatable bonds is 4. The fourth-order valence-corrected chi connectivity index (χ4v) is 1.54.